The van der Waals surface area contributed by atoms with Crippen LogP contribution in [0.4, 0.5) is 10.1 Å². The zero-order valence-corrected chi connectivity index (χ0v) is 20.4. The lowest BCUT2D eigenvalue weighted by molar-refractivity contribution is -0.00379. The Morgan fingerprint density at radius 3 is 2.52 bits per heavy atom. The molecule has 11 heteroatoms. The first kappa shape index (κ1) is 23.9. The number of para-hydroxylation sites is 1. The van der Waals surface area contributed by atoms with Gasteiger partial charge in [0.2, 0.25) is 10.0 Å². The first-order chi connectivity index (χ1) is 15.4. The summed E-state index contributed by atoms with van der Waals surface area (Å²) in [6.07, 6.45) is 1.01. The quantitative estimate of drug-likeness (QED) is 0.632. The first-order valence-corrected chi connectivity index (χ1v) is 13.8. The van der Waals surface area contributed by atoms with Crippen LogP contribution >= 0.6 is 0 Å². The Hall–Kier alpha value is -2.21. The number of sulfonamides is 2. The highest BCUT2D eigenvalue weighted by atomic mass is 32.2. The number of hydrogen-bond donors (Lipinski definition) is 1. The molecule has 33 heavy (non-hydrogen) atoms. The minimum atomic E-state index is -3.89. The van der Waals surface area contributed by atoms with Gasteiger partial charge in [-0.2, -0.15) is 0 Å². The molecule has 2 heterocycles. The van der Waals surface area contributed by atoms with Crippen molar-refractivity contribution in [3.8, 4) is 5.75 Å². The van der Waals surface area contributed by atoms with Crippen molar-refractivity contribution in [3.05, 3.63) is 54.1 Å². The van der Waals surface area contributed by atoms with E-state index in [4.69, 9.17) is 4.84 Å². The predicted molar refractivity (Wildman–Crippen MR) is 123 cm³/mol. The number of benzene rings is 2. The number of hydrogen-bond acceptors (Lipinski definition) is 6. The lowest BCUT2D eigenvalue weighted by atomic mass is 9.98. The molecule has 0 radical (unpaired) electrons. The van der Waals surface area contributed by atoms with Gasteiger partial charge in [-0.25, -0.2) is 25.9 Å². The molecule has 2 aliphatic heterocycles. The molecular formula is C22H28FN3O5S2. The van der Waals surface area contributed by atoms with Crippen molar-refractivity contribution in [2.45, 2.75) is 55.6 Å². The number of alkyl halides is 1. The molecule has 4 rings (SSSR count). The smallest absolute Gasteiger partial charge is 0.278 e. The zero-order valence-electron chi connectivity index (χ0n) is 18.7. The predicted octanol–water partition coefficient (Wildman–Crippen LogP) is 3.12. The van der Waals surface area contributed by atoms with Crippen molar-refractivity contribution < 1.29 is 26.1 Å². The van der Waals surface area contributed by atoms with Gasteiger partial charge < -0.3 is 9.74 Å². The minimum Gasteiger partial charge on any atom is -0.389 e. The van der Waals surface area contributed by atoms with Crippen molar-refractivity contribution >= 4 is 25.7 Å². The van der Waals surface area contributed by atoms with Crippen molar-refractivity contribution in [3.63, 3.8) is 0 Å². The standard InChI is InChI=1S/C22H28FN3O5S2/c1-16(2)32(27,28)24-15-22(3,23)17-10-12-18(13-11-17)31-26-21-9-6-14-25(21)19-7-4-5-8-20(19)33(26,29)30/h4-5,7-8,10-13,16,21,24H,6,9,14-15H2,1-3H3. The second-order valence-corrected chi connectivity index (χ2v) is 12.8. The molecule has 180 valence electrons. The monoisotopic (exact) mass is 497 g/mol. The maximum Gasteiger partial charge on any atom is 0.278 e. The van der Waals surface area contributed by atoms with E-state index in [1.807, 2.05) is 11.0 Å². The topological polar surface area (TPSA) is 96.0 Å². The number of anilines is 1. The molecular weight excluding hydrogens is 469 g/mol. The highest BCUT2D eigenvalue weighted by Gasteiger charge is 2.46. The fourth-order valence-corrected chi connectivity index (χ4v) is 6.42. The molecule has 0 saturated carbocycles. The first-order valence-electron chi connectivity index (χ1n) is 10.8. The Kier molecular flexibility index (Phi) is 6.19. The minimum absolute atomic E-state index is 0.188. The van der Waals surface area contributed by atoms with E-state index in [1.54, 1.807) is 18.2 Å². The van der Waals surface area contributed by atoms with Crippen LogP contribution < -0.4 is 14.5 Å². The van der Waals surface area contributed by atoms with Crippen LogP contribution in [0.3, 0.4) is 0 Å². The van der Waals surface area contributed by atoms with Crippen LogP contribution in [-0.4, -0.2) is 45.8 Å². The summed E-state index contributed by atoms with van der Waals surface area (Å²) in [5.74, 6) is 0.243. The summed E-state index contributed by atoms with van der Waals surface area (Å²) in [5.41, 5.74) is -1.04. The lowest BCUT2D eigenvalue weighted by Gasteiger charge is -2.39. The molecule has 0 amide bonds. The van der Waals surface area contributed by atoms with E-state index in [9.17, 15) is 16.8 Å². The van der Waals surface area contributed by atoms with Crippen LogP contribution in [0, 0.1) is 0 Å². The van der Waals surface area contributed by atoms with E-state index in [-0.39, 0.29) is 16.2 Å². The van der Waals surface area contributed by atoms with Gasteiger partial charge in [0.25, 0.3) is 10.0 Å². The molecule has 8 nitrogen and oxygen atoms in total. The normalized spacial score (nSPS) is 22.0. The molecule has 1 saturated heterocycles. The molecule has 2 aromatic carbocycles. The van der Waals surface area contributed by atoms with Gasteiger partial charge in [-0.3, -0.25) is 0 Å². The Morgan fingerprint density at radius 1 is 1.18 bits per heavy atom. The van der Waals surface area contributed by atoms with Crippen LogP contribution in [0.2, 0.25) is 0 Å². The van der Waals surface area contributed by atoms with Gasteiger partial charge in [-0.05, 0) is 67.9 Å². The zero-order chi connectivity index (χ0) is 24.0. The van der Waals surface area contributed by atoms with E-state index >= 15 is 4.39 Å². The molecule has 0 bridgehead atoms. The molecule has 0 spiro atoms. The third-order valence-electron chi connectivity index (χ3n) is 6.03. The van der Waals surface area contributed by atoms with Gasteiger partial charge in [0.05, 0.1) is 10.9 Å². The fraction of sp³-hybridized carbons (Fsp3) is 0.455. The van der Waals surface area contributed by atoms with E-state index < -0.39 is 43.7 Å². The number of halogens is 1. The summed E-state index contributed by atoms with van der Waals surface area (Å²) < 4.78 is 69.0. The third-order valence-corrected chi connectivity index (χ3v) is 9.51. The maximum absolute atomic E-state index is 15.2. The summed E-state index contributed by atoms with van der Waals surface area (Å²) in [7, 11) is -7.49. The van der Waals surface area contributed by atoms with Gasteiger partial charge in [-0.15, -0.1) is 0 Å². The summed E-state index contributed by atoms with van der Waals surface area (Å²) in [6.45, 7) is 4.63. The van der Waals surface area contributed by atoms with Crippen LogP contribution in [-0.2, 0) is 25.7 Å². The van der Waals surface area contributed by atoms with E-state index in [0.29, 0.717) is 12.1 Å². The van der Waals surface area contributed by atoms with Gasteiger partial charge >= 0.3 is 0 Å². The van der Waals surface area contributed by atoms with Crippen LogP contribution in [0.1, 0.15) is 39.2 Å². The SMILES string of the molecule is CC(C)S(=O)(=O)NCC(C)(F)c1ccc(ON2C3CCCN3c3ccccc3S2(=O)=O)cc1. The number of rotatable bonds is 7. The molecule has 2 aliphatic rings. The third kappa shape index (κ3) is 4.46. The Balaban J connectivity index is 1.54. The highest BCUT2D eigenvalue weighted by molar-refractivity contribution is 7.90. The average Bonchev–Trinajstić information content (AvgIpc) is 3.25. The van der Waals surface area contributed by atoms with E-state index in [2.05, 4.69) is 4.72 Å². The highest BCUT2D eigenvalue weighted by Crippen LogP contribution is 2.41. The molecule has 2 atom stereocenters. The summed E-state index contributed by atoms with van der Waals surface area (Å²) in [5, 5.41) is -0.671. The molecule has 0 aromatic heterocycles. The van der Waals surface area contributed by atoms with Crippen molar-refractivity contribution in [1.82, 2.24) is 9.19 Å². The van der Waals surface area contributed by atoms with Crippen molar-refractivity contribution in [1.29, 1.82) is 0 Å². The number of nitrogens with one attached hydrogen (secondary N) is 1. The lowest BCUT2D eigenvalue weighted by Crippen LogP contribution is -2.53. The van der Waals surface area contributed by atoms with Crippen molar-refractivity contribution in [2.75, 3.05) is 18.0 Å². The number of hydroxylamine groups is 1. The molecule has 1 fully saturated rings. The largest absolute Gasteiger partial charge is 0.389 e. The van der Waals surface area contributed by atoms with E-state index in [0.717, 1.165) is 17.4 Å². The van der Waals surface area contributed by atoms with Gasteiger partial charge in [0.1, 0.15) is 22.5 Å². The molecule has 1 N–H and O–H groups in total. The summed E-state index contributed by atoms with van der Waals surface area (Å²) >= 11 is 0. The Morgan fingerprint density at radius 2 is 1.85 bits per heavy atom. The fourth-order valence-electron chi connectivity index (χ4n) is 4.00. The number of nitrogens with zero attached hydrogens (tertiary/aromatic N) is 2. The summed E-state index contributed by atoms with van der Waals surface area (Å²) in [4.78, 5) is 8.03. The van der Waals surface area contributed by atoms with Gasteiger partial charge in [-0.1, -0.05) is 24.3 Å². The molecule has 2 aromatic rings. The van der Waals surface area contributed by atoms with E-state index in [1.165, 1.54) is 45.0 Å². The second-order valence-electron chi connectivity index (χ2n) is 8.77. The maximum atomic E-state index is 15.2. The van der Waals surface area contributed by atoms with Crippen LogP contribution in [0.15, 0.2) is 53.4 Å². The summed E-state index contributed by atoms with van der Waals surface area (Å²) in [6, 6.07) is 12.8. The van der Waals surface area contributed by atoms with Crippen molar-refractivity contribution in [2.24, 2.45) is 0 Å². The number of fused-ring (bicyclic) bond motifs is 3. The Labute approximate surface area is 194 Å². The molecule has 2 unspecified atom stereocenters. The molecule has 0 aliphatic carbocycles. The average molecular weight is 498 g/mol. The Bertz CT molecular complexity index is 1230. The van der Waals surface area contributed by atoms with Gasteiger partial charge in [0, 0.05) is 13.1 Å². The van der Waals surface area contributed by atoms with Crippen LogP contribution in [0.5, 0.6) is 5.75 Å². The second kappa shape index (κ2) is 8.53. The van der Waals surface area contributed by atoms with Gasteiger partial charge in [0.15, 0.2) is 0 Å². The van der Waals surface area contributed by atoms with Crippen LogP contribution in [0.25, 0.3) is 0 Å².